The molecular formula is C13H14F3NO2. The Labute approximate surface area is 109 Å². The number of alkyl halides is 3. The van der Waals surface area contributed by atoms with E-state index in [0.29, 0.717) is 0 Å². The molecule has 3 nitrogen and oxygen atoms in total. The lowest BCUT2D eigenvalue weighted by atomic mass is 10.1. The van der Waals surface area contributed by atoms with Crippen molar-refractivity contribution in [3.8, 4) is 5.75 Å². The Morgan fingerprint density at radius 3 is 2.42 bits per heavy atom. The molecule has 0 aliphatic heterocycles. The first-order valence-electron chi connectivity index (χ1n) is 5.89. The summed E-state index contributed by atoms with van der Waals surface area (Å²) in [4.78, 5) is 13.2. The molecule has 104 valence electrons. The van der Waals surface area contributed by atoms with Crippen LogP contribution in [0, 0.1) is 0 Å². The number of hydrogen-bond acceptors (Lipinski definition) is 2. The lowest BCUT2D eigenvalue weighted by molar-refractivity contribution is -0.139. The molecule has 2 rings (SSSR count). The molecule has 0 N–H and O–H groups in total. The van der Waals surface area contributed by atoms with E-state index in [1.54, 1.807) is 0 Å². The van der Waals surface area contributed by atoms with E-state index in [1.165, 1.54) is 31.1 Å². The van der Waals surface area contributed by atoms with Crippen LogP contribution in [0.15, 0.2) is 18.2 Å². The van der Waals surface area contributed by atoms with Gasteiger partial charge in [0.25, 0.3) is 5.91 Å². The molecule has 1 aromatic carbocycles. The lowest BCUT2D eigenvalue weighted by Gasteiger charge is -2.19. The Bertz CT molecular complexity index is 493. The lowest BCUT2D eigenvalue weighted by Crippen LogP contribution is -2.24. The van der Waals surface area contributed by atoms with Crippen molar-refractivity contribution in [1.82, 2.24) is 4.90 Å². The molecule has 1 aliphatic carbocycles. The monoisotopic (exact) mass is 273 g/mol. The van der Waals surface area contributed by atoms with Crippen LogP contribution in [-0.2, 0) is 6.18 Å². The third-order valence-electron chi connectivity index (χ3n) is 2.77. The van der Waals surface area contributed by atoms with Crippen LogP contribution in [0.4, 0.5) is 13.2 Å². The van der Waals surface area contributed by atoms with Gasteiger partial charge in [-0.25, -0.2) is 0 Å². The molecule has 0 saturated heterocycles. The van der Waals surface area contributed by atoms with Crippen LogP contribution in [0.5, 0.6) is 5.75 Å². The molecule has 19 heavy (non-hydrogen) atoms. The average Bonchev–Trinajstić information content (AvgIpc) is 3.10. The molecule has 0 unspecified atom stereocenters. The van der Waals surface area contributed by atoms with Crippen LogP contribution >= 0.6 is 0 Å². The van der Waals surface area contributed by atoms with Crippen molar-refractivity contribution in [2.45, 2.75) is 25.1 Å². The molecule has 6 heteroatoms. The summed E-state index contributed by atoms with van der Waals surface area (Å²) in [5, 5.41) is 0. The molecule has 0 bridgehead atoms. The molecule has 0 atom stereocenters. The largest absolute Gasteiger partial charge is 0.489 e. The number of carbonyl (C=O) groups excluding carboxylic acids is 1. The summed E-state index contributed by atoms with van der Waals surface area (Å²) in [7, 11) is 2.98. The Hall–Kier alpha value is -1.72. The Kier molecular flexibility index (Phi) is 3.43. The molecule has 0 heterocycles. The summed E-state index contributed by atoms with van der Waals surface area (Å²) in [6, 6.07) is 3.51. The normalized spacial score (nSPS) is 15.2. The van der Waals surface area contributed by atoms with Crippen LogP contribution in [0.25, 0.3) is 0 Å². The standard InChI is InChI=1S/C13H14F3NO2/c1-17(2)12(18)9-4-3-5-10(13(14,15)16)11(9)19-8-6-7-8/h3-5,8H,6-7H2,1-2H3. The molecule has 1 fully saturated rings. The zero-order valence-corrected chi connectivity index (χ0v) is 10.6. The van der Waals surface area contributed by atoms with Crippen molar-refractivity contribution in [3.05, 3.63) is 29.3 Å². The van der Waals surface area contributed by atoms with Crippen molar-refractivity contribution in [2.24, 2.45) is 0 Å². The molecule has 0 radical (unpaired) electrons. The maximum absolute atomic E-state index is 13.0. The van der Waals surface area contributed by atoms with E-state index in [0.717, 1.165) is 18.9 Å². The predicted octanol–water partition coefficient (Wildman–Crippen LogP) is 2.95. The third kappa shape index (κ3) is 3.00. The molecule has 1 aromatic rings. The van der Waals surface area contributed by atoms with Crippen molar-refractivity contribution in [2.75, 3.05) is 14.1 Å². The molecule has 1 saturated carbocycles. The Morgan fingerprint density at radius 2 is 1.95 bits per heavy atom. The number of para-hydroxylation sites is 1. The number of benzene rings is 1. The second kappa shape index (κ2) is 4.75. The fourth-order valence-corrected chi connectivity index (χ4v) is 1.65. The maximum Gasteiger partial charge on any atom is 0.419 e. The fraction of sp³-hybridized carbons (Fsp3) is 0.462. The summed E-state index contributed by atoms with van der Waals surface area (Å²) >= 11 is 0. The quantitative estimate of drug-likeness (QED) is 0.847. The van der Waals surface area contributed by atoms with Crippen molar-refractivity contribution >= 4 is 5.91 Å². The van der Waals surface area contributed by atoms with Crippen molar-refractivity contribution < 1.29 is 22.7 Å². The number of hydrogen-bond donors (Lipinski definition) is 0. The third-order valence-corrected chi connectivity index (χ3v) is 2.77. The second-order valence-electron chi connectivity index (χ2n) is 4.70. The van der Waals surface area contributed by atoms with Gasteiger partial charge >= 0.3 is 6.18 Å². The number of rotatable bonds is 3. The maximum atomic E-state index is 13.0. The smallest absolute Gasteiger partial charge is 0.419 e. The first-order valence-corrected chi connectivity index (χ1v) is 5.89. The van der Waals surface area contributed by atoms with Crippen LogP contribution in [0.3, 0.4) is 0 Å². The van der Waals surface area contributed by atoms with Gasteiger partial charge in [-0.2, -0.15) is 13.2 Å². The van der Waals surface area contributed by atoms with E-state index < -0.39 is 17.6 Å². The Morgan fingerprint density at radius 1 is 1.32 bits per heavy atom. The van der Waals surface area contributed by atoms with Crippen molar-refractivity contribution in [1.29, 1.82) is 0 Å². The van der Waals surface area contributed by atoms with Gasteiger partial charge in [0.15, 0.2) is 0 Å². The highest BCUT2D eigenvalue weighted by atomic mass is 19.4. The highest BCUT2D eigenvalue weighted by Crippen LogP contribution is 2.41. The van der Waals surface area contributed by atoms with E-state index in [1.807, 2.05) is 0 Å². The van der Waals surface area contributed by atoms with Crippen LogP contribution in [0.1, 0.15) is 28.8 Å². The van der Waals surface area contributed by atoms with E-state index in [-0.39, 0.29) is 17.4 Å². The highest BCUT2D eigenvalue weighted by molar-refractivity contribution is 5.97. The molecular weight excluding hydrogens is 259 g/mol. The van der Waals surface area contributed by atoms with Crippen LogP contribution in [-0.4, -0.2) is 31.0 Å². The minimum atomic E-state index is -4.53. The summed E-state index contributed by atoms with van der Waals surface area (Å²) in [5.41, 5.74) is -0.946. The van der Waals surface area contributed by atoms with Crippen LogP contribution < -0.4 is 4.74 Å². The van der Waals surface area contributed by atoms with Gasteiger partial charge in [0, 0.05) is 14.1 Å². The van der Waals surface area contributed by atoms with E-state index in [4.69, 9.17) is 4.74 Å². The topological polar surface area (TPSA) is 29.5 Å². The fourth-order valence-electron chi connectivity index (χ4n) is 1.65. The zero-order chi connectivity index (χ0) is 14.2. The van der Waals surface area contributed by atoms with Gasteiger partial charge in [-0.05, 0) is 25.0 Å². The number of amides is 1. The zero-order valence-electron chi connectivity index (χ0n) is 10.6. The van der Waals surface area contributed by atoms with Crippen molar-refractivity contribution in [3.63, 3.8) is 0 Å². The van der Waals surface area contributed by atoms with Gasteiger partial charge in [-0.15, -0.1) is 0 Å². The first kappa shape index (κ1) is 13.7. The van der Waals surface area contributed by atoms with Gasteiger partial charge in [-0.3, -0.25) is 4.79 Å². The molecule has 1 amide bonds. The van der Waals surface area contributed by atoms with Gasteiger partial charge in [-0.1, -0.05) is 6.07 Å². The number of ether oxygens (including phenoxy) is 1. The number of halogens is 3. The molecule has 0 aromatic heterocycles. The summed E-state index contributed by atoms with van der Waals surface area (Å²) < 4.78 is 44.2. The summed E-state index contributed by atoms with van der Waals surface area (Å²) in [6.45, 7) is 0. The highest BCUT2D eigenvalue weighted by Gasteiger charge is 2.38. The second-order valence-corrected chi connectivity index (χ2v) is 4.70. The minimum Gasteiger partial charge on any atom is -0.489 e. The van der Waals surface area contributed by atoms with E-state index >= 15 is 0 Å². The average molecular weight is 273 g/mol. The number of carbonyl (C=O) groups is 1. The van der Waals surface area contributed by atoms with Gasteiger partial charge in [0.05, 0.1) is 17.2 Å². The summed E-state index contributed by atoms with van der Waals surface area (Å²) in [5.74, 6) is -0.849. The predicted molar refractivity (Wildman–Crippen MR) is 63.1 cm³/mol. The van der Waals surface area contributed by atoms with Gasteiger partial charge < -0.3 is 9.64 Å². The molecule has 0 spiro atoms. The van der Waals surface area contributed by atoms with Gasteiger partial charge in [0.2, 0.25) is 0 Å². The summed E-state index contributed by atoms with van der Waals surface area (Å²) in [6.07, 6.45) is -3.30. The van der Waals surface area contributed by atoms with Gasteiger partial charge in [0.1, 0.15) is 5.75 Å². The minimum absolute atomic E-state index is 0.0493. The van der Waals surface area contributed by atoms with E-state index in [9.17, 15) is 18.0 Å². The number of nitrogens with zero attached hydrogens (tertiary/aromatic N) is 1. The first-order chi connectivity index (χ1) is 8.80. The Balaban J connectivity index is 2.49. The van der Waals surface area contributed by atoms with E-state index in [2.05, 4.69) is 0 Å². The SMILES string of the molecule is CN(C)C(=O)c1cccc(C(F)(F)F)c1OC1CC1. The van der Waals surface area contributed by atoms with Crippen LogP contribution in [0.2, 0.25) is 0 Å². The molecule has 1 aliphatic rings.